The SMILES string of the molecule is NCC(Nc1ccc(Br)c(Cl)c1)c1ccco1. The van der Waals surface area contributed by atoms with Crippen molar-refractivity contribution in [1.82, 2.24) is 0 Å². The van der Waals surface area contributed by atoms with Gasteiger partial charge in [0.1, 0.15) is 5.76 Å². The van der Waals surface area contributed by atoms with Gasteiger partial charge < -0.3 is 15.5 Å². The normalized spacial score (nSPS) is 12.4. The third-order valence-corrected chi connectivity index (χ3v) is 3.62. The summed E-state index contributed by atoms with van der Waals surface area (Å²) >= 11 is 9.37. The highest BCUT2D eigenvalue weighted by atomic mass is 79.9. The molecule has 0 saturated carbocycles. The van der Waals surface area contributed by atoms with E-state index in [9.17, 15) is 0 Å². The van der Waals surface area contributed by atoms with E-state index in [1.54, 1.807) is 6.26 Å². The van der Waals surface area contributed by atoms with Gasteiger partial charge in [0, 0.05) is 16.7 Å². The average molecular weight is 316 g/mol. The zero-order valence-corrected chi connectivity index (χ0v) is 11.3. The van der Waals surface area contributed by atoms with Gasteiger partial charge >= 0.3 is 0 Å². The molecule has 2 rings (SSSR count). The van der Waals surface area contributed by atoms with Gasteiger partial charge in [-0.05, 0) is 46.3 Å². The smallest absolute Gasteiger partial charge is 0.127 e. The van der Waals surface area contributed by atoms with Crippen LogP contribution in [0.5, 0.6) is 0 Å². The lowest BCUT2D eigenvalue weighted by molar-refractivity contribution is 0.482. The van der Waals surface area contributed by atoms with E-state index in [0.717, 1.165) is 15.9 Å². The summed E-state index contributed by atoms with van der Waals surface area (Å²) in [6.07, 6.45) is 1.63. The van der Waals surface area contributed by atoms with E-state index in [0.29, 0.717) is 11.6 Å². The van der Waals surface area contributed by atoms with E-state index in [-0.39, 0.29) is 6.04 Å². The lowest BCUT2D eigenvalue weighted by Crippen LogP contribution is -2.20. The molecule has 1 unspecified atom stereocenters. The Kier molecular flexibility index (Phi) is 4.10. The molecule has 3 N–H and O–H groups in total. The summed E-state index contributed by atoms with van der Waals surface area (Å²) in [7, 11) is 0. The molecule has 0 aliphatic rings. The van der Waals surface area contributed by atoms with Crippen LogP contribution in [-0.2, 0) is 0 Å². The number of hydrogen-bond donors (Lipinski definition) is 2. The standard InChI is InChI=1S/C12H12BrClN2O/c13-9-4-3-8(6-10(9)14)16-11(7-15)12-2-1-5-17-12/h1-6,11,16H,7,15H2. The molecule has 1 aromatic heterocycles. The van der Waals surface area contributed by atoms with Crippen molar-refractivity contribution in [2.24, 2.45) is 5.73 Å². The minimum Gasteiger partial charge on any atom is -0.467 e. The number of benzene rings is 1. The minimum absolute atomic E-state index is 0.0535. The van der Waals surface area contributed by atoms with Gasteiger partial charge in [-0.1, -0.05) is 11.6 Å². The quantitative estimate of drug-likeness (QED) is 0.902. The molecule has 2 aromatic rings. The molecule has 0 fully saturated rings. The molecule has 1 heterocycles. The van der Waals surface area contributed by atoms with Gasteiger partial charge in [0.25, 0.3) is 0 Å². The lowest BCUT2D eigenvalue weighted by atomic mass is 10.2. The van der Waals surface area contributed by atoms with Crippen molar-refractivity contribution in [2.45, 2.75) is 6.04 Å². The highest BCUT2D eigenvalue weighted by molar-refractivity contribution is 9.10. The number of nitrogens with two attached hydrogens (primary N) is 1. The van der Waals surface area contributed by atoms with Crippen molar-refractivity contribution in [3.05, 3.63) is 51.9 Å². The van der Waals surface area contributed by atoms with E-state index < -0.39 is 0 Å². The van der Waals surface area contributed by atoms with Crippen molar-refractivity contribution in [1.29, 1.82) is 0 Å². The van der Waals surface area contributed by atoms with Crippen LogP contribution in [0, 0.1) is 0 Å². The Labute approximate surface area is 113 Å². The van der Waals surface area contributed by atoms with Gasteiger partial charge in [-0.15, -0.1) is 0 Å². The Bertz CT molecular complexity index is 487. The summed E-state index contributed by atoms with van der Waals surface area (Å²) in [5, 5.41) is 3.93. The first-order valence-electron chi connectivity index (χ1n) is 5.16. The molecule has 0 aliphatic carbocycles. The van der Waals surface area contributed by atoms with Crippen molar-refractivity contribution < 1.29 is 4.42 Å². The summed E-state index contributed by atoms with van der Waals surface area (Å²) in [5.41, 5.74) is 6.62. The molecule has 3 nitrogen and oxygen atoms in total. The summed E-state index contributed by atoms with van der Waals surface area (Å²) in [6, 6.07) is 9.35. The van der Waals surface area contributed by atoms with Gasteiger partial charge in [0.15, 0.2) is 0 Å². The van der Waals surface area contributed by atoms with Crippen LogP contribution in [0.1, 0.15) is 11.8 Å². The van der Waals surface area contributed by atoms with Crippen LogP contribution in [0.15, 0.2) is 45.5 Å². The third kappa shape index (κ3) is 3.03. The molecule has 1 atom stereocenters. The predicted molar refractivity (Wildman–Crippen MR) is 73.3 cm³/mol. The van der Waals surface area contributed by atoms with Crippen LogP contribution in [0.4, 0.5) is 5.69 Å². The second-order valence-electron chi connectivity index (χ2n) is 3.58. The molecular weight excluding hydrogens is 304 g/mol. The zero-order valence-electron chi connectivity index (χ0n) is 8.99. The minimum atomic E-state index is -0.0535. The molecular formula is C12H12BrClN2O. The fraction of sp³-hybridized carbons (Fsp3) is 0.167. The van der Waals surface area contributed by atoms with Crippen molar-refractivity contribution in [2.75, 3.05) is 11.9 Å². The Morgan fingerprint density at radius 2 is 2.24 bits per heavy atom. The van der Waals surface area contributed by atoms with Gasteiger partial charge in [-0.3, -0.25) is 0 Å². The third-order valence-electron chi connectivity index (χ3n) is 2.38. The van der Waals surface area contributed by atoms with E-state index in [2.05, 4.69) is 21.2 Å². The van der Waals surface area contributed by atoms with Crippen molar-refractivity contribution in [3.8, 4) is 0 Å². The molecule has 5 heteroatoms. The lowest BCUT2D eigenvalue weighted by Gasteiger charge is -2.16. The fourth-order valence-electron chi connectivity index (χ4n) is 1.52. The van der Waals surface area contributed by atoms with Gasteiger partial charge in [-0.2, -0.15) is 0 Å². The van der Waals surface area contributed by atoms with Gasteiger partial charge in [-0.25, -0.2) is 0 Å². The molecule has 90 valence electrons. The maximum Gasteiger partial charge on any atom is 0.127 e. The van der Waals surface area contributed by atoms with Crippen LogP contribution >= 0.6 is 27.5 Å². The van der Waals surface area contributed by atoms with Crippen LogP contribution in [0.3, 0.4) is 0 Å². The Hall–Kier alpha value is -0.970. The summed E-state index contributed by atoms with van der Waals surface area (Å²) in [5.74, 6) is 0.812. The van der Waals surface area contributed by atoms with Crippen molar-refractivity contribution in [3.63, 3.8) is 0 Å². The number of nitrogens with one attached hydrogen (secondary N) is 1. The van der Waals surface area contributed by atoms with Gasteiger partial charge in [0.2, 0.25) is 0 Å². The first-order valence-corrected chi connectivity index (χ1v) is 6.33. The number of hydrogen-bond acceptors (Lipinski definition) is 3. The Morgan fingerprint density at radius 1 is 1.41 bits per heavy atom. The molecule has 0 aliphatic heterocycles. The molecule has 17 heavy (non-hydrogen) atoms. The summed E-state index contributed by atoms with van der Waals surface area (Å²) in [4.78, 5) is 0. The second kappa shape index (κ2) is 5.58. The molecule has 0 amide bonds. The predicted octanol–water partition coefficient (Wildman–Crippen LogP) is 3.81. The fourth-order valence-corrected chi connectivity index (χ4v) is 1.95. The number of halogens is 2. The maximum absolute atomic E-state index is 6.02. The monoisotopic (exact) mass is 314 g/mol. The Morgan fingerprint density at radius 3 is 2.82 bits per heavy atom. The van der Waals surface area contributed by atoms with E-state index in [1.807, 2.05) is 30.3 Å². The first-order chi connectivity index (χ1) is 8.20. The van der Waals surface area contributed by atoms with Crippen LogP contribution < -0.4 is 11.1 Å². The first kappa shape index (κ1) is 12.5. The highest BCUT2D eigenvalue weighted by Crippen LogP contribution is 2.27. The largest absolute Gasteiger partial charge is 0.467 e. The molecule has 0 spiro atoms. The zero-order chi connectivity index (χ0) is 12.3. The van der Waals surface area contributed by atoms with E-state index >= 15 is 0 Å². The van der Waals surface area contributed by atoms with Gasteiger partial charge in [0.05, 0.1) is 17.3 Å². The average Bonchev–Trinajstić information content (AvgIpc) is 2.84. The molecule has 0 bridgehead atoms. The van der Waals surface area contributed by atoms with Crippen LogP contribution in [0.25, 0.3) is 0 Å². The van der Waals surface area contributed by atoms with E-state index in [4.69, 9.17) is 21.8 Å². The number of anilines is 1. The maximum atomic E-state index is 6.02. The topological polar surface area (TPSA) is 51.2 Å². The molecule has 1 aromatic carbocycles. The molecule has 0 radical (unpaired) electrons. The second-order valence-corrected chi connectivity index (χ2v) is 4.84. The van der Waals surface area contributed by atoms with E-state index in [1.165, 1.54) is 0 Å². The van der Waals surface area contributed by atoms with Crippen LogP contribution in [-0.4, -0.2) is 6.54 Å². The Balaban J connectivity index is 2.16. The number of rotatable bonds is 4. The van der Waals surface area contributed by atoms with Crippen LogP contribution in [0.2, 0.25) is 5.02 Å². The summed E-state index contributed by atoms with van der Waals surface area (Å²) in [6.45, 7) is 0.446. The van der Waals surface area contributed by atoms with Crippen molar-refractivity contribution >= 4 is 33.2 Å². The number of furan rings is 1. The summed E-state index contributed by atoms with van der Waals surface area (Å²) < 4.78 is 6.20. The molecule has 0 saturated heterocycles. The highest BCUT2D eigenvalue weighted by Gasteiger charge is 2.12.